The summed E-state index contributed by atoms with van der Waals surface area (Å²) in [6, 6.07) is 5.62. The number of anilines is 1. The van der Waals surface area contributed by atoms with E-state index in [1.165, 1.54) is 35.6 Å². The fourth-order valence-electron chi connectivity index (χ4n) is 1.51. The van der Waals surface area contributed by atoms with Crippen molar-refractivity contribution in [1.29, 1.82) is 0 Å². The molecule has 1 aromatic carbocycles. The van der Waals surface area contributed by atoms with Crippen LogP contribution in [0.15, 0.2) is 42.3 Å². The molecule has 7 heteroatoms. The van der Waals surface area contributed by atoms with Crippen LogP contribution >= 0.6 is 11.3 Å². The van der Waals surface area contributed by atoms with Gasteiger partial charge in [0.1, 0.15) is 24.8 Å². The molecule has 0 unspecified atom stereocenters. The molecule has 22 heavy (non-hydrogen) atoms. The number of carbonyl (C=O) groups excluding carboxylic acids is 1. The number of nitrogens with zero attached hydrogens (tertiary/aromatic N) is 1. The number of thiazole rings is 1. The molecule has 0 saturated heterocycles. The number of rotatable bonds is 8. The molecular formula is C15H15FN2O3S. The Morgan fingerprint density at radius 1 is 1.36 bits per heavy atom. The highest BCUT2D eigenvalue weighted by atomic mass is 32.1. The third kappa shape index (κ3) is 4.85. The Morgan fingerprint density at radius 2 is 2.14 bits per heavy atom. The first-order chi connectivity index (χ1) is 10.7. The number of aromatic nitrogens is 1. The number of hydrogen-bond donors (Lipinski definition) is 1. The summed E-state index contributed by atoms with van der Waals surface area (Å²) >= 11 is 1.32. The Kier molecular flexibility index (Phi) is 5.91. The van der Waals surface area contributed by atoms with Crippen molar-refractivity contribution in [2.75, 3.05) is 25.1 Å². The Balaban J connectivity index is 1.72. The molecule has 1 heterocycles. The van der Waals surface area contributed by atoms with Gasteiger partial charge in [-0.05, 0) is 24.3 Å². The highest BCUT2D eigenvalue weighted by Crippen LogP contribution is 2.16. The lowest BCUT2D eigenvalue weighted by atomic mass is 10.3. The lowest BCUT2D eigenvalue weighted by molar-refractivity contribution is 0.0444. The van der Waals surface area contributed by atoms with Crippen LogP contribution in [-0.4, -0.2) is 30.7 Å². The van der Waals surface area contributed by atoms with Gasteiger partial charge in [0.2, 0.25) is 0 Å². The zero-order valence-electron chi connectivity index (χ0n) is 11.8. The van der Waals surface area contributed by atoms with Crippen LogP contribution in [0.2, 0.25) is 0 Å². The average molecular weight is 322 g/mol. The van der Waals surface area contributed by atoms with Gasteiger partial charge in [0.15, 0.2) is 10.8 Å². The summed E-state index contributed by atoms with van der Waals surface area (Å²) in [6.07, 6.45) is 1.70. The van der Waals surface area contributed by atoms with Gasteiger partial charge in [0, 0.05) is 11.9 Å². The summed E-state index contributed by atoms with van der Waals surface area (Å²) in [4.78, 5) is 15.9. The highest BCUT2D eigenvalue weighted by Gasteiger charge is 2.11. The van der Waals surface area contributed by atoms with Gasteiger partial charge >= 0.3 is 5.97 Å². The second kappa shape index (κ2) is 8.14. The second-order valence-corrected chi connectivity index (χ2v) is 5.00. The summed E-state index contributed by atoms with van der Waals surface area (Å²) in [7, 11) is 0. The van der Waals surface area contributed by atoms with Gasteiger partial charge in [-0.3, -0.25) is 0 Å². The van der Waals surface area contributed by atoms with Gasteiger partial charge in [-0.2, -0.15) is 0 Å². The van der Waals surface area contributed by atoms with Gasteiger partial charge in [0.25, 0.3) is 0 Å². The first kappa shape index (κ1) is 16.0. The maximum atomic E-state index is 12.7. The smallest absolute Gasteiger partial charge is 0.358 e. The van der Waals surface area contributed by atoms with E-state index in [0.717, 1.165) is 0 Å². The van der Waals surface area contributed by atoms with Crippen LogP contribution in [0.25, 0.3) is 0 Å². The van der Waals surface area contributed by atoms with Crippen LogP contribution in [0.3, 0.4) is 0 Å². The molecule has 1 aromatic heterocycles. The SMILES string of the molecule is C=CCNc1nc(C(=O)OCCOc2ccc(F)cc2)cs1. The predicted octanol–water partition coefficient (Wildman–Crippen LogP) is 3.12. The Morgan fingerprint density at radius 3 is 2.86 bits per heavy atom. The summed E-state index contributed by atoms with van der Waals surface area (Å²) in [5.41, 5.74) is 0.248. The van der Waals surface area contributed by atoms with Crippen molar-refractivity contribution < 1.29 is 18.7 Å². The molecule has 1 N–H and O–H groups in total. The van der Waals surface area contributed by atoms with E-state index in [1.54, 1.807) is 11.5 Å². The van der Waals surface area contributed by atoms with Crippen LogP contribution in [0, 0.1) is 5.82 Å². The van der Waals surface area contributed by atoms with Gasteiger partial charge in [-0.15, -0.1) is 17.9 Å². The minimum atomic E-state index is -0.509. The van der Waals surface area contributed by atoms with E-state index in [2.05, 4.69) is 16.9 Å². The van der Waals surface area contributed by atoms with Crippen LogP contribution in [-0.2, 0) is 4.74 Å². The van der Waals surface area contributed by atoms with Crippen molar-refractivity contribution in [3.8, 4) is 5.75 Å². The van der Waals surface area contributed by atoms with Gasteiger partial charge < -0.3 is 14.8 Å². The van der Waals surface area contributed by atoms with Crippen LogP contribution in [0.1, 0.15) is 10.5 Å². The number of carbonyl (C=O) groups is 1. The molecule has 0 radical (unpaired) electrons. The van der Waals surface area contributed by atoms with E-state index >= 15 is 0 Å². The summed E-state index contributed by atoms with van der Waals surface area (Å²) in [5, 5.41) is 5.24. The van der Waals surface area contributed by atoms with Crippen LogP contribution < -0.4 is 10.1 Å². The van der Waals surface area contributed by atoms with E-state index in [0.29, 0.717) is 17.4 Å². The molecule has 0 saturated carbocycles. The highest BCUT2D eigenvalue weighted by molar-refractivity contribution is 7.13. The largest absolute Gasteiger partial charge is 0.490 e. The standard InChI is InChI=1S/C15H15FN2O3S/c1-2-7-17-15-18-13(10-22-15)14(19)21-9-8-20-12-5-3-11(16)4-6-12/h2-6,10H,1,7-9H2,(H,17,18). The molecule has 116 valence electrons. The molecule has 0 aliphatic rings. The average Bonchev–Trinajstić information content (AvgIpc) is 3.00. The Labute approximate surface area is 131 Å². The Bertz CT molecular complexity index is 628. The van der Waals surface area contributed by atoms with Crippen molar-refractivity contribution in [2.45, 2.75) is 0 Å². The van der Waals surface area contributed by atoms with E-state index in [-0.39, 0.29) is 24.7 Å². The molecule has 2 aromatic rings. The maximum absolute atomic E-state index is 12.7. The lowest BCUT2D eigenvalue weighted by Gasteiger charge is -2.06. The zero-order chi connectivity index (χ0) is 15.8. The fraction of sp³-hybridized carbons (Fsp3) is 0.200. The zero-order valence-corrected chi connectivity index (χ0v) is 12.6. The topological polar surface area (TPSA) is 60.5 Å². The molecule has 0 fully saturated rings. The second-order valence-electron chi connectivity index (χ2n) is 4.15. The Hall–Kier alpha value is -2.41. The molecule has 0 aliphatic carbocycles. The first-order valence-electron chi connectivity index (χ1n) is 6.55. The number of halogens is 1. The molecule has 0 bridgehead atoms. The monoisotopic (exact) mass is 322 g/mol. The fourth-order valence-corrected chi connectivity index (χ4v) is 2.20. The van der Waals surface area contributed by atoms with Gasteiger partial charge in [0.05, 0.1) is 0 Å². The van der Waals surface area contributed by atoms with Crippen molar-refractivity contribution >= 4 is 22.4 Å². The molecule has 2 rings (SSSR count). The van der Waals surface area contributed by atoms with Crippen LogP contribution in [0.5, 0.6) is 5.75 Å². The maximum Gasteiger partial charge on any atom is 0.358 e. The molecule has 0 spiro atoms. The quantitative estimate of drug-likeness (QED) is 0.460. The van der Waals surface area contributed by atoms with Gasteiger partial charge in [-0.1, -0.05) is 6.08 Å². The molecule has 0 atom stereocenters. The minimum Gasteiger partial charge on any atom is -0.490 e. The summed E-state index contributed by atoms with van der Waals surface area (Å²) < 4.78 is 23.1. The van der Waals surface area contributed by atoms with Crippen molar-refractivity contribution in [2.24, 2.45) is 0 Å². The first-order valence-corrected chi connectivity index (χ1v) is 7.43. The molecule has 5 nitrogen and oxygen atoms in total. The summed E-state index contributed by atoms with van der Waals surface area (Å²) in [5.74, 6) is -0.323. The van der Waals surface area contributed by atoms with Crippen LogP contribution in [0.4, 0.5) is 9.52 Å². The van der Waals surface area contributed by atoms with E-state index in [1.807, 2.05) is 0 Å². The lowest BCUT2D eigenvalue weighted by Crippen LogP contribution is -2.12. The van der Waals surface area contributed by atoms with E-state index in [4.69, 9.17) is 9.47 Å². The van der Waals surface area contributed by atoms with Gasteiger partial charge in [-0.25, -0.2) is 14.2 Å². The predicted molar refractivity (Wildman–Crippen MR) is 83.0 cm³/mol. The van der Waals surface area contributed by atoms with E-state index < -0.39 is 5.97 Å². The third-order valence-electron chi connectivity index (χ3n) is 2.51. The number of esters is 1. The minimum absolute atomic E-state index is 0.0865. The molecule has 0 aliphatic heterocycles. The normalized spacial score (nSPS) is 10.0. The molecular weight excluding hydrogens is 307 g/mol. The van der Waals surface area contributed by atoms with Crippen molar-refractivity contribution in [1.82, 2.24) is 4.98 Å². The van der Waals surface area contributed by atoms with Crippen molar-refractivity contribution in [3.05, 3.63) is 53.8 Å². The van der Waals surface area contributed by atoms with Crippen molar-refractivity contribution in [3.63, 3.8) is 0 Å². The third-order valence-corrected chi connectivity index (χ3v) is 3.31. The molecule has 0 amide bonds. The van der Waals surface area contributed by atoms with E-state index in [9.17, 15) is 9.18 Å². The number of ether oxygens (including phenoxy) is 2. The summed E-state index contributed by atoms with van der Waals surface area (Å²) in [6.45, 7) is 4.43. The number of benzene rings is 1. The number of hydrogen-bond acceptors (Lipinski definition) is 6. The number of nitrogens with one attached hydrogen (secondary N) is 1.